The van der Waals surface area contributed by atoms with Gasteiger partial charge in [-0.3, -0.25) is 4.79 Å². The van der Waals surface area contributed by atoms with Crippen molar-refractivity contribution in [3.05, 3.63) is 109 Å². The molecule has 0 fully saturated rings. The molecule has 0 aliphatic carbocycles. The number of halogens is 4. The fraction of sp³-hybridized carbons (Fsp3) is 0.120. The smallest absolute Gasteiger partial charge is 0.268 e. The maximum absolute atomic E-state index is 14.3. The third-order valence-electron chi connectivity index (χ3n) is 4.64. The van der Waals surface area contributed by atoms with Crippen LogP contribution in [0.1, 0.15) is 16.7 Å². The lowest BCUT2D eigenvalue weighted by atomic mass is 10.2. The number of aryl methyl sites for hydroxylation is 1. The van der Waals surface area contributed by atoms with Crippen LogP contribution in [0.2, 0.25) is 10.0 Å². The number of nitrogens with zero attached hydrogens (tertiary/aromatic N) is 1. The van der Waals surface area contributed by atoms with Crippen LogP contribution in [-0.4, -0.2) is 5.91 Å². The molecular formula is C25H18Cl2F2N2OS2. The molecule has 0 bridgehead atoms. The molecule has 1 amide bonds. The molecule has 3 rings (SSSR count). The average molecular weight is 535 g/mol. The number of hydrogen-bond acceptors (Lipinski definition) is 4. The van der Waals surface area contributed by atoms with Crippen molar-refractivity contribution in [2.24, 2.45) is 0 Å². The predicted octanol–water partition coefficient (Wildman–Crippen LogP) is 8.12. The Balaban J connectivity index is 1.92. The molecule has 174 valence electrons. The minimum absolute atomic E-state index is 0.0712. The summed E-state index contributed by atoms with van der Waals surface area (Å²) in [6, 6.07) is 17.8. The molecule has 0 saturated carbocycles. The molecule has 0 atom stereocenters. The van der Waals surface area contributed by atoms with Crippen molar-refractivity contribution in [2.45, 2.75) is 18.4 Å². The van der Waals surface area contributed by atoms with Crippen molar-refractivity contribution in [2.75, 3.05) is 5.32 Å². The van der Waals surface area contributed by atoms with Crippen molar-refractivity contribution in [1.82, 2.24) is 0 Å². The molecule has 0 aliphatic heterocycles. The molecular weight excluding hydrogens is 517 g/mol. The second-order valence-electron chi connectivity index (χ2n) is 7.08. The molecule has 0 radical (unpaired) electrons. The molecule has 3 aromatic rings. The van der Waals surface area contributed by atoms with E-state index in [0.717, 1.165) is 29.1 Å². The molecule has 0 unspecified atom stereocenters. The Labute approximate surface area is 215 Å². The van der Waals surface area contributed by atoms with E-state index in [1.165, 1.54) is 24.3 Å². The van der Waals surface area contributed by atoms with Crippen LogP contribution in [0.3, 0.4) is 0 Å². The van der Waals surface area contributed by atoms with Gasteiger partial charge in [-0.25, -0.2) is 8.78 Å². The van der Waals surface area contributed by atoms with E-state index in [0.29, 0.717) is 9.92 Å². The van der Waals surface area contributed by atoms with Gasteiger partial charge in [0.05, 0.1) is 4.24 Å². The van der Waals surface area contributed by atoms with Gasteiger partial charge < -0.3 is 5.32 Å². The van der Waals surface area contributed by atoms with Gasteiger partial charge in [-0.15, -0.1) is 23.5 Å². The number of nitrogens with one attached hydrogen (secondary N) is 1. The maximum Gasteiger partial charge on any atom is 0.268 e. The van der Waals surface area contributed by atoms with Crippen LogP contribution in [0, 0.1) is 29.9 Å². The summed E-state index contributed by atoms with van der Waals surface area (Å²) in [5, 5.41) is 13.0. The van der Waals surface area contributed by atoms with E-state index in [1.807, 2.05) is 19.1 Å². The average Bonchev–Trinajstić information content (AvgIpc) is 2.78. The summed E-state index contributed by atoms with van der Waals surface area (Å²) >= 11 is 14.4. The van der Waals surface area contributed by atoms with Gasteiger partial charge in [0, 0.05) is 38.4 Å². The number of hydrogen-bond donors (Lipinski definition) is 1. The van der Waals surface area contributed by atoms with Crippen molar-refractivity contribution >= 4 is 58.3 Å². The van der Waals surface area contributed by atoms with Gasteiger partial charge in [0.1, 0.15) is 23.3 Å². The van der Waals surface area contributed by atoms with Crippen molar-refractivity contribution in [1.29, 1.82) is 5.26 Å². The van der Waals surface area contributed by atoms with Gasteiger partial charge >= 0.3 is 0 Å². The number of nitriles is 1. The number of carbonyl (C=O) groups excluding carboxylic acids is 1. The monoisotopic (exact) mass is 534 g/mol. The third kappa shape index (κ3) is 6.77. The van der Waals surface area contributed by atoms with E-state index in [-0.39, 0.29) is 38.3 Å². The summed E-state index contributed by atoms with van der Waals surface area (Å²) in [6.45, 7) is 1.88. The SMILES string of the molecule is Cc1cccc(NC(=O)C(C#N)=C(SCc2c(F)cccc2Cl)SCc2c(F)cccc2Cl)c1. The highest BCUT2D eigenvalue weighted by molar-refractivity contribution is 8.21. The summed E-state index contributed by atoms with van der Waals surface area (Å²) in [5.74, 6) is -1.47. The summed E-state index contributed by atoms with van der Waals surface area (Å²) < 4.78 is 28.9. The first-order chi connectivity index (χ1) is 16.3. The lowest BCUT2D eigenvalue weighted by Gasteiger charge is -2.13. The van der Waals surface area contributed by atoms with Crippen molar-refractivity contribution < 1.29 is 13.6 Å². The van der Waals surface area contributed by atoms with Crippen LogP contribution in [0.4, 0.5) is 14.5 Å². The van der Waals surface area contributed by atoms with Crippen LogP contribution in [0.25, 0.3) is 0 Å². The lowest BCUT2D eigenvalue weighted by molar-refractivity contribution is -0.112. The minimum atomic E-state index is -0.623. The van der Waals surface area contributed by atoms with Gasteiger partial charge in [-0.1, -0.05) is 47.5 Å². The topological polar surface area (TPSA) is 52.9 Å². The van der Waals surface area contributed by atoms with Crippen molar-refractivity contribution in [3.8, 4) is 6.07 Å². The molecule has 3 aromatic carbocycles. The highest BCUT2D eigenvalue weighted by atomic mass is 35.5. The Hall–Kier alpha value is -2.50. The zero-order chi connectivity index (χ0) is 24.7. The van der Waals surface area contributed by atoms with Gasteiger partial charge in [0.15, 0.2) is 0 Å². The Bertz CT molecular complexity index is 1190. The van der Waals surface area contributed by atoms with Crippen LogP contribution in [0.15, 0.2) is 70.5 Å². The fourth-order valence-corrected chi connectivity index (χ4v) is 5.92. The zero-order valence-electron chi connectivity index (χ0n) is 17.9. The lowest BCUT2D eigenvalue weighted by Crippen LogP contribution is -2.14. The largest absolute Gasteiger partial charge is 0.321 e. The highest BCUT2D eigenvalue weighted by Crippen LogP contribution is 2.39. The van der Waals surface area contributed by atoms with E-state index in [2.05, 4.69) is 5.32 Å². The Morgan fingerprint density at radius 1 is 0.941 bits per heavy atom. The number of amides is 1. The molecule has 0 spiro atoms. The Morgan fingerprint density at radius 3 is 1.94 bits per heavy atom. The maximum atomic E-state index is 14.3. The quantitative estimate of drug-likeness (QED) is 0.234. The normalized spacial score (nSPS) is 10.5. The minimum Gasteiger partial charge on any atom is -0.321 e. The summed E-state index contributed by atoms with van der Waals surface area (Å²) in [5.41, 5.74) is 1.78. The summed E-state index contributed by atoms with van der Waals surface area (Å²) in [6.07, 6.45) is 0. The van der Waals surface area contributed by atoms with Gasteiger partial charge in [0.2, 0.25) is 0 Å². The second kappa shape index (κ2) is 12.3. The summed E-state index contributed by atoms with van der Waals surface area (Å²) in [4.78, 5) is 13.0. The number of thioether (sulfide) groups is 2. The van der Waals surface area contributed by atoms with Crippen LogP contribution in [0.5, 0.6) is 0 Å². The van der Waals surface area contributed by atoms with E-state index >= 15 is 0 Å². The molecule has 0 aliphatic rings. The van der Waals surface area contributed by atoms with Crippen molar-refractivity contribution in [3.63, 3.8) is 0 Å². The van der Waals surface area contributed by atoms with E-state index < -0.39 is 17.5 Å². The van der Waals surface area contributed by atoms with E-state index in [1.54, 1.807) is 30.3 Å². The zero-order valence-corrected chi connectivity index (χ0v) is 21.0. The van der Waals surface area contributed by atoms with Crippen LogP contribution >= 0.6 is 46.7 Å². The first kappa shape index (κ1) is 26.1. The Kier molecular flexibility index (Phi) is 9.43. The Morgan fingerprint density at radius 2 is 1.47 bits per heavy atom. The summed E-state index contributed by atoms with van der Waals surface area (Å²) in [7, 11) is 0. The van der Waals surface area contributed by atoms with E-state index in [9.17, 15) is 18.8 Å². The van der Waals surface area contributed by atoms with Gasteiger partial charge in [-0.2, -0.15) is 5.26 Å². The molecule has 1 N–H and O–H groups in total. The first-order valence-electron chi connectivity index (χ1n) is 9.94. The fourth-order valence-electron chi connectivity index (χ4n) is 2.91. The number of carbonyl (C=O) groups is 1. The molecule has 9 heteroatoms. The molecule has 0 saturated heterocycles. The van der Waals surface area contributed by atoms with Crippen LogP contribution in [-0.2, 0) is 16.3 Å². The number of anilines is 1. The molecule has 34 heavy (non-hydrogen) atoms. The first-order valence-corrected chi connectivity index (χ1v) is 12.7. The standard InChI is InChI=1S/C25H18Cl2F2N2OS2/c1-15-5-2-6-16(11-15)31-24(32)17(12-30)25(33-13-18-20(26)7-3-9-22(18)28)34-14-19-21(27)8-4-10-23(19)29/h2-11H,13-14H2,1H3,(H,31,32). The number of benzene rings is 3. The van der Waals surface area contributed by atoms with Crippen LogP contribution < -0.4 is 5.32 Å². The van der Waals surface area contributed by atoms with Gasteiger partial charge in [0.25, 0.3) is 5.91 Å². The molecule has 0 aromatic heterocycles. The van der Waals surface area contributed by atoms with E-state index in [4.69, 9.17) is 23.2 Å². The molecule has 3 nitrogen and oxygen atoms in total. The second-order valence-corrected chi connectivity index (χ2v) is 10.1. The third-order valence-corrected chi connectivity index (χ3v) is 7.85. The molecule has 0 heterocycles. The predicted molar refractivity (Wildman–Crippen MR) is 138 cm³/mol. The highest BCUT2D eigenvalue weighted by Gasteiger charge is 2.20. The van der Waals surface area contributed by atoms with Gasteiger partial charge in [-0.05, 0) is 48.9 Å². The number of rotatable bonds is 8.